The minimum Gasteiger partial charge on any atom is -0.369 e. The highest BCUT2D eigenvalue weighted by Gasteiger charge is 2.54. The first-order chi connectivity index (χ1) is 15.6. The lowest BCUT2D eigenvalue weighted by molar-refractivity contribution is -0.137. The summed E-state index contributed by atoms with van der Waals surface area (Å²) in [5.41, 5.74) is 4.18. The van der Waals surface area contributed by atoms with Gasteiger partial charge in [-0.15, -0.1) is 0 Å². The lowest BCUT2D eigenvalue weighted by Crippen LogP contribution is -2.29. The van der Waals surface area contributed by atoms with Gasteiger partial charge in [-0.2, -0.15) is 23.5 Å². The number of amides is 1. The van der Waals surface area contributed by atoms with Gasteiger partial charge in [0.15, 0.2) is 5.69 Å². The Balaban J connectivity index is 1.91. The molecule has 1 aliphatic carbocycles. The molecule has 2 heterocycles. The van der Waals surface area contributed by atoms with Crippen molar-refractivity contribution >= 4 is 34.9 Å². The molecule has 0 unspecified atom stereocenters. The fourth-order valence-electron chi connectivity index (χ4n) is 3.63. The van der Waals surface area contributed by atoms with Gasteiger partial charge in [-0.05, 0) is 37.1 Å². The van der Waals surface area contributed by atoms with E-state index >= 15 is 0 Å². The van der Waals surface area contributed by atoms with E-state index in [2.05, 4.69) is 15.4 Å². The average Bonchev–Trinajstić information content (AvgIpc) is 3.48. The van der Waals surface area contributed by atoms with Crippen LogP contribution in [0, 0.1) is 11.3 Å². The Labute approximate surface area is 195 Å². The average molecular weight is 495 g/mol. The van der Waals surface area contributed by atoms with E-state index in [0.717, 1.165) is 16.8 Å². The topological polar surface area (TPSA) is 110 Å². The highest BCUT2D eigenvalue weighted by Crippen LogP contribution is 2.52. The summed E-state index contributed by atoms with van der Waals surface area (Å²) in [4.78, 5) is 16.5. The molecular formula is C21H15Cl2F3N6O. The van der Waals surface area contributed by atoms with Crippen molar-refractivity contribution in [1.29, 1.82) is 5.26 Å². The SMILES string of the molecule is N#Cc1nn(-c2c(Cl)cc(C(F)(F)F)cc2Cl)c(NCc2ccccn2)c1C1(C(N)=O)CC1. The highest BCUT2D eigenvalue weighted by molar-refractivity contribution is 6.38. The zero-order chi connectivity index (χ0) is 24.0. The lowest BCUT2D eigenvalue weighted by Gasteiger charge is -2.18. The number of halogens is 5. The number of carbonyl (C=O) groups excluding carboxylic acids is 1. The molecule has 1 aromatic carbocycles. The third-order valence-electron chi connectivity index (χ3n) is 5.41. The first kappa shape index (κ1) is 22.9. The van der Waals surface area contributed by atoms with Crippen LogP contribution in [-0.2, 0) is 22.9 Å². The molecule has 2 aromatic heterocycles. The van der Waals surface area contributed by atoms with Crippen LogP contribution < -0.4 is 11.1 Å². The van der Waals surface area contributed by atoms with E-state index in [-0.39, 0.29) is 39.4 Å². The van der Waals surface area contributed by atoms with Gasteiger partial charge in [0.1, 0.15) is 17.6 Å². The lowest BCUT2D eigenvalue weighted by atomic mass is 9.94. The predicted molar refractivity (Wildman–Crippen MR) is 115 cm³/mol. The van der Waals surface area contributed by atoms with Crippen molar-refractivity contribution in [3.63, 3.8) is 0 Å². The van der Waals surface area contributed by atoms with E-state index in [1.54, 1.807) is 24.4 Å². The van der Waals surface area contributed by atoms with Crippen LogP contribution in [0.3, 0.4) is 0 Å². The molecule has 0 aliphatic heterocycles. The number of nitrogens with zero attached hydrogens (tertiary/aromatic N) is 4. The molecule has 0 bridgehead atoms. The zero-order valence-corrected chi connectivity index (χ0v) is 18.3. The van der Waals surface area contributed by atoms with E-state index in [9.17, 15) is 23.2 Å². The second-order valence-electron chi connectivity index (χ2n) is 7.50. The number of hydrogen-bond acceptors (Lipinski definition) is 5. The van der Waals surface area contributed by atoms with Crippen LogP contribution in [0.1, 0.15) is 35.4 Å². The standard InChI is InChI=1S/C21H15Cl2F3N6O/c22-13-7-11(21(24,25)26)8-14(23)17(13)32-18(30-10-12-3-1-2-6-29-12)16(15(9-27)31-32)20(4-5-20)19(28)33/h1-3,6-8,30H,4-5,10H2,(H2,28,33). The second-order valence-corrected chi connectivity index (χ2v) is 8.32. The Morgan fingerprint density at radius 3 is 2.42 bits per heavy atom. The van der Waals surface area contributed by atoms with Crippen molar-refractivity contribution in [3.05, 3.63) is 69.1 Å². The fraction of sp³-hybridized carbons (Fsp3) is 0.238. The van der Waals surface area contributed by atoms with Crippen LogP contribution in [0.5, 0.6) is 0 Å². The quantitative estimate of drug-likeness (QED) is 0.520. The molecule has 0 spiro atoms. The Bertz CT molecular complexity index is 1260. The minimum absolute atomic E-state index is 0.0714. The van der Waals surface area contributed by atoms with Crippen molar-refractivity contribution in [2.45, 2.75) is 31.0 Å². The van der Waals surface area contributed by atoms with Crippen molar-refractivity contribution in [1.82, 2.24) is 14.8 Å². The van der Waals surface area contributed by atoms with Gasteiger partial charge in [0.05, 0.1) is 33.3 Å². The third kappa shape index (κ3) is 4.10. The number of nitriles is 1. The van der Waals surface area contributed by atoms with Gasteiger partial charge in [-0.25, -0.2) is 4.68 Å². The van der Waals surface area contributed by atoms with Gasteiger partial charge in [-0.1, -0.05) is 29.3 Å². The Morgan fingerprint density at radius 1 is 1.27 bits per heavy atom. The molecule has 0 radical (unpaired) electrons. The molecule has 0 saturated heterocycles. The highest BCUT2D eigenvalue weighted by atomic mass is 35.5. The van der Waals surface area contributed by atoms with Gasteiger partial charge in [0.25, 0.3) is 0 Å². The van der Waals surface area contributed by atoms with Crippen LogP contribution in [0.2, 0.25) is 10.0 Å². The molecule has 33 heavy (non-hydrogen) atoms. The number of anilines is 1. The van der Waals surface area contributed by atoms with Gasteiger partial charge in [0, 0.05) is 11.8 Å². The molecule has 1 fully saturated rings. The van der Waals surface area contributed by atoms with Crippen molar-refractivity contribution < 1.29 is 18.0 Å². The summed E-state index contributed by atoms with van der Waals surface area (Å²) in [6.45, 7) is 0.162. The predicted octanol–water partition coefficient (Wildman–Crippen LogP) is 4.59. The number of alkyl halides is 3. The number of hydrogen-bond donors (Lipinski definition) is 2. The van der Waals surface area contributed by atoms with Gasteiger partial charge in [0.2, 0.25) is 5.91 Å². The normalized spacial score (nSPS) is 14.5. The number of aromatic nitrogens is 3. The molecule has 1 aliphatic rings. The molecule has 12 heteroatoms. The summed E-state index contributed by atoms with van der Waals surface area (Å²) >= 11 is 12.4. The Morgan fingerprint density at radius 2 is 1.94 bits per heavy atom. The van der Waals surface area contributed by atoms with E-state index in [1.807, 2.05) is 6.07 Å². The zero-order valence-electron chi connectivity index (χ0n) is 16.7. The Hall–Kier alpha value is -3.29. The number of rotatable bonds is 6. The number of pyridine rings is 1. The number of carbonyl (C=O) groups is 1. The number of nitrogens with one attached hydrogen (secondary N) is 1. The minimum atomic E-state index is -4.66. The van der Waals surface area contributed by atoms with Crippen LogP contribution in [-0.4, -0.2) is 20.7 Å². The molecule has 1 saturated carbocycles. The molecule has 0 atom stereocenters. The molecule has 3 aromatic rings. The molecule has 7 nitrogen and oxygen atoms in total. The van der Waals surface area contributed by atoms with Gasteiger partial charge < -0.3 is 11.1 Å². The van der Waals surface area contributed by atoms with Crippen LogP contribution in [0.15, 0.2) is 36.5 Å². The summed E-state index contributed by atoms with van der Waals surface area (Å²) in [6.07, 6.45) is -2.28. The van der Waals surface area contributed by atoms with Crippen LogP contribution in [0.25, 0.3) is 5.69 Å². The van der Waals surface area contributed by atoms with Crippen molar-refractivity contribution in [2.75, 3.05) is 5.32 Å². The van der Waals surface area contributed by atoms with E-state index in [1.165, 1.54) is 0 Å². The summed E-state index contributed by atoms with van der Waals surface area (Å²) in [7, 11) is 0. The van der Waals surface area contributed by atoms with Crippen LogP contribution in [0.4, 0.5) is 19.0 Å². The first-order valence-electron chi connectivity index (χ1n) is 9.62. The second kappa shape index (κ2) is 8.24. The summed E-state index contributed by atoms with van der Waals surface area (Å²) in [5.74, 6) is -0.457. The maximum atomic E-state index is 13.2. The van der Waals surface area contributed by atoms with Crippen molar-refractivity contribution in [3.8, 4) is 11.8 Å². The largest absolute Gasteiger partial charge is 0.416 e. The van der Waals surface area contributed by atoms with E-state index < -0.39 is 23.1 Å². The fourth-order valence-corrected chi connectivity index (χ4v) is 4.27. The van der Waals surface area contributed by atoms with Gasteiger partial charge >= 0.3 is 6.18 Å². The van der Waals surface area contributed by atoms with Crippen LogP contribution >= 0.6 is 23.2 Å². The van der Waals surface area contributed by atoms with E-state index in [0.29, 0.717) is 18.5 Å². The summed E-state index contributed by atoms with van der Waals surface area (Å²) in [5, 5.41) is 16.4. The van der Waals surface area contributed by atoms with E-state index in [4.69, 9.17) is 28.9 Å². The number of benzene rings is 1. The molecular weight excluding hydrogens is 480 g/mol. The molecule has 4 rings (SSSR count). The maximum Gasteiger partial charge on any atom is 0.416 e. The monoisotopic (exact) mass is 494 g/mol. The van der Waals surface area contributed by atoms with Gasteiger partial charge in [-0.3, -0.25) is 9.78 Å². The molecule has 3 N–H and O–H groups in total. The number of primary amides is 1. The first-order valence-corrected chi connectivity index (χ1v) is 10.4. The smallest absolute Gasteiger partial charge is 0.369 e. The molecule has 170 valence electrons. The number of nitrogens with two attached hydrogens (primary N) is 1. The third-order valence-corrected chi connectivity index (χ3v) is 5.99. The Kier molecular flexibility index (Phi) is 5.72. The van der Waals surface area contributed by atoms with Crippen molar-refractivity contribution in [2.24, 2.45) is 5.73 Å². The molecule has 1 amide bonds. The summed E-state index contributed by atoms with van der Waals surface area (Å²) in [6, 6.07) is 8.64. The maximum absolute atomic E-state index is 13.2. The summed E-state index contributed by atoms with van der Waals surface area (Å²) < 4.78 is 40.7.